The Hall–Kier alpha value is -2.04. The number of para-hydroxylation sites is 1. The Kier molecular flexibility index (Phi) is 8.38. The second kappa shape index (κ2) is 11.2. The molecule has 2 amide bonds. The van der Waals surface area contributed by atoms with Gasteiger partial charge in [-0.25, -0.2) is 0 Å². The summed E-state index contributed by atoms with van der Waals surface area (Å²) >= 11 is 0. The van der Waals surface area contributed by atoms with Crippen molar-refractivity contribution in [2.45, 2.75) is 77.2 Å². The van der Waals surface area contributed by atoms with Crippen LogP contribution in [0.25, 0.3) is 0 Å². The number of likely N-dealkylation sites (tertiary alicyclic amines) is 1. The molecular formula is C24H36N2O3. The molecule has 1 aliphatic heterocycles. The maximum absolute atomic E-state index is 12.5. The number of hydrogen-bond acceptors (Lipinski definition) is 3. The standard InChI is InChI=1S/C24H36N2O3/c1-2-20-10-6-7-11-22(20)29-18-24(28)26-16-14-21(15-17-26)25-23(27)13-12-19-8-4-3-5-9-19/h6-7,10-11,19,21H,2-5,8-9,12-18H2,1H3,(H,25,27). The fourth-order valence-electron chi connectivity index (χ4n) is 4.55. The van der Waals surface area contributed by atoms with Crippen LogP contribution in [0.5, 0.6) is 5.75 Å². The molecule has 29 heavy (non-hydrogen) atoms. The molecule has 0 radical (unpaired) electrons. The Morgan fingerprint density at radius 3 is 2.52 bits per heavy atom. The molecule has 5 nitrogen and oxygen atoms in total. The number of nitrogens with zero attached hydrogens (tertiary/aromatic N) is 1. The number of ether oxygens (including phenoxy) is 1. The molecule has 0 atom stereocenters. The molecule has 2 aliphatic rings. The number of hydrogen-bond donors (Lipinski definition) is 1. The van der Waals surface area contributed by atoms with Crippen LogP contribution in [0.3, 0.4) is 0 Å². The molecule has 160 valence electrons. The molecule has 1 saturated heterocycles. The number of rotatable bonds is 8. The largest absolute Gasteiger partial charge is 0.483 e. The summed E-state index contributed by atoms with van der Waals surface area (Å²) in [5, 5.41) is 3.18. The van der Waals surface area contributed by atoms with E-state index in [0.717, 1.165) is 42.9 Å². The predicted octanol–water partition coefficient (Wildman–Crippen LogP) is 4.10. The summed E-state index contributed by atoms with van der Waals surface area (Å²) in [6.45, 7) is 3.53. The Bertz CT molecular complexity index is 662. The van der Waals surface area contributed by atoms with Gasteiger partial charge in [0.2, 0.25) is 5.91 Å². The normalized spacial score (nSPS) is 18.4. The quantitative estimate of drug-likeness (QED) is 0.715. The Morgan fingerprint density at radius 1 is 1.07 bits per heavy atom. The zero-order valence-corrected chi connectivity index (χ0v) is 17.8. The van der Waals surface area contributed by atoms with Crippen molar-refractivity contribution >= 4 is 11.8 Å². The van der Waals surface area contributed by atoms with E-state index in [-0.39, 0.29) is 24.5 Å². The third-order valence-corrected chi connectivity index (χ3v) is 6.42. The van der Waals surface area contributed by atoms with E-state index in [1.54, 1.807) is 0 Å². The molecule has 1 aromatic rings. The highest BCUT2D eigenvalue weighted by Gasteiger charge is 2.24. The molecule has 0 aromatic heterocycles. The van der Waals surface area contributed by atoms with Crippen molar-refractivity contribution in [3.63, 3.8) is 0 Å². The monoisotopic (exact) mass is 400 g/mol. The van der Waals surface area contributed by atoms with E-state index in [2.05, 4.69) is 12.2 Å². The van der Waals surface area contributed by atoms with Crippen LogP contribution in [-0.2, 0) is 16.0 Å². The molecule has 1 aromatic carbocycles. The molecule has 2 fully saturated rings. The van der Waals surface area contributed by atoms with Gasteiger partial charge in [-0.1, -0.05) is 57.2 Å². The Labute approximate surface area is 175 Å². The number of aryl methyl sites for hydroxylation is 1. The first kappa shape index (κ1) is 21.7. The summed E-state index contributed by atoms with van der Waals surface area (Å²) in [6.07, 6.45) is 10.8. The fraction of sp³-hybridized carbons (Fsp3) is 0.667. The lowest BCUT2D eigenvalue weighted by Crippen LogP contribution is -2.47. The lowest BCUT2D eigenvalue weighted by Gasteiger charge is -2.32. The van der Waals surface area contributed by atoms with Crippen molar-refractivity contribution in [3.05, 3.63) is 29.8 Å². The van der Waals surface area contributed by atoms with E-state index in [4.69, 9.17) is 4.74 Å². The molecule has 5 heteroatoms. The van der Waals surface area contributed by atoms with Gasteiger partial charge in [0.05, 0.1) is 0 Å². The zero-order chi connectivity index (χ0) is 20.5. The lowest BCUT2D eigenvalue weighted by atomic mass is 9.86. The molecule has 1 aliphatic carbocycles. The first-order valence-electron chi connectivity index (χ1n) is 11.4. The fourth-order valence-corrected chi connectivity index (χ4v) is 4.55. The topological polar surface area (TPSA) is 58.6 Å². The number of benzene rings is 1. The van der Waals surface area contributed by atoms with Gasteiger partial charge in [-0.3, -0.25) is 9.59 Å². The second-order valence-corrected chi connectivity index (χ2v) is 8.52. The van der Waals surface area contributed by atoms with Crippen molar-refractivity contribution in [3.8, 4) is 5.75 Å². The van der Waals surface area contributed by atoms with Crippen LogP contribution in [-0.4, -0.2) is 42.5 Å². The number of amides is 2. The highest BCUT2D eigenvalue weighted by Crippen LogP contribution is 2.27. The molecule has 0 unspecified atom stereocenters. The minimum Gasteiger partial charge on any atom is -0.483 e. The minimum absolute atomic E-state index is 0.0259. The van der Waals surface area contributed by atoms with E-state index >= 15 is 0 Å². The zero-order valence-electron chi connectivity index (χ0n) is 17.8. The highest BCUT2D eigenvalue weighted by atomic mass is 16.5. The average molecular weight is 401 g/mol. The van der Waals surface area contributed by atoms with Gasteiger partial charge in [0.15, 0.2) is 6.61 Å². The van der Waals surface area contributed by atoms with Crippen LogP contribution in [0.2, 0.25) is 0 Å². The molecule has 0 bridgehead atoms. The van der Waals surface area contributed by atoms with Crippen LogP contribution < -0.4 is 10.1 Å². The van der Waals surface area contributed by atoms with Crippen LogP contribution in [0.15, 0.2) is 24.3 Å². The first-order valence-corrected chi connectivity index (χ1v) is 11.4. The van der Waals surface area contributed by atoms with E-state index < -0.39 is 0 Å². The summed E-state index contributed by atoms with van der Waals surface area (Å²) in [4.78, 5) is 26.6. The molecule has 1 heterocycles. The first-order chi connectivity index (χ1) is 14.2. The summed E-state index contributed by atoms with van der Waals surface area (Å²) in [5.74, 6) is 1.74. The average Bonchev–Trinajstić information content (AvgIpc) is 2.77. The predicted molar refractivity (Wildman–Crippen MR) is 115 cm³/mol. The van der Waals surface area contributed by atoms with Gasteiger partial charge < -0.3 is 15.0 Å². The van der Waals surface area contributed by atoms with Crippen molar-refractivity contribution in [1.82, 2.24) is 10.2 Å². The van der Waals surface area contributed by atoms with E-state index in [1.165, 1.54) is 32.1 Å². The highest BCUT2D eigenvalue weighted by molar-refractivity contribution is 5.78. The number of carbonyl (C=O) groups is 2. The van der Waals surface area contributed by atoms with Crippen molar-refractivity contribution < 1.29 is 14.3 Å². The number of piperidine rings is 1. The van der Waals surface area contributed by atoms with Crippen LogP contribution in [0.1, 0.15) is 70.3 Å². The minimum atomic E-state index is 0.0259. The number of carbonyl (C=O) groups excluding carboxylic acids is 2. The maximum atomic E-state index is 12.5. The van der Waals surface area contributed by atoms with Gasteiger partial charge in [0.25, 0.3) is 5.91 Å². The van der Waals surface area contributed by atoms with E-state index in [0.29, 0.717) is 19.5 Å². The Balaban J connectivity index is 1.34. The third-order valence-electron chi connectivity index (χ3n) is 6.42. The van der Waals surface area contributed by atoms with Gasteiger partial charge >= 0.3 is 0 Å². The molecule has 1 saturated carbocycles. The molecule has 3 rings (SSSR count). The van der Waals surface area contributed by atoms with Crippen molar-refractivity contribution in [1.29, 1.82) is 0 Å². The molecule has 1 N–H and O–H groups in total. The van der Waals surface area contributed by atoms with Gasteiger partial charge in [-0.2, -0.15) is 0 Å². The third kappa shape index (κ3) is 6.76. The lowest BCUT2D eigenvalue weighted by molar-refractivity contribution is -0.134. The van der Waals surface area contributed by atoms with Crippen LogP contribution in [0, 0.1) is 5.92 Å². The second-order valence-electron chi connectivity index (χ2n) is 8.52. The summed E-state index contributed by atoms with van der Waals surface area (Å²) in [5.41, 5.74) is 1.12. The van der Waals surface area contributed by atoms with Crippen molar-refractivity contribution in [2.75, 3.05) is 19.7 Å². The van der Waals surface area contributed by atoms with Crippen LogP contribution in [0.4, 0.5) is 0 Å². The molecule has 0 spiro atoms. The van der Waals surface area contributed by atoms with Gasteiger partial charge in [-0.05, 0) is 43.2 Å². The van der Waals surface area contributed by atoms with Gasteiger partial charge in [-0.15, -0.1) is 0 Å². The van der Waals surface area contributed by atoms with E-state index in [9.17, 15) is 9.59 Å². The van der Waals surface area contributed by atoms with Crippen LogP contribution >= 0.6 is 0 Å². The maximum Gasteiger partial charge on any atom is 0.260 e. The van der Waals surface area contributed by atoms with Crippen molar-refractivity contribution in [2.24, 2.45) is 5.92 Å². The number of nitrogens with one attached hydrogen (secondary N) is 1. The summed E-state index contributed by atoms with van der Waals surface area (Å²) in [6, 6.07) is 8.06. The summed E-state index contributed by atoms with van der Waals surface area (Å²) in [7, 11) is 0. The SMILES string of the molecule is CCc1ccccc1OCC(=O)N1CCC(NC(=O)CCC2CCCCC2)CC1. The van der Waals surface area contributed by atoms with Gasteiger partial charge in [0.1, 0.15) is 5.75 Å². The summed E-state index contributed by atoms with van der Waals surface area (Å²) < 4.78 is 5.76. The molecular weight excluding hydrogens is 364 g/mol. The Morgan fingerprint density at radius 2 is 1.79 bits per heavy atom. The van der Waals surface area contributed by atoms with E-state index in [1.807, 2.05) is 29.2 Å². The van der Waals surface area contributed by atoms with Gasteiger partial charge in [0, 0.05) is 25.6 Å². The smallest absolute Gasteiger partial charge is 0.260 e.